The molecule has 14 heavy (non-hydrogen) atoms. The number of halogens is 1. The molecule has 1 aromatic rings. The molecule has 1 aliphatic heterocycles. The minimum atomic E-state index is 0.321. The van der Waals surface area contributed by atoms with Crippen molar-refractivity contribution in [3.05, 3.63) is 40.4 Å². The molecule has 2 heteroatoms. The topological polar surface area (TPSA) is 9.23 Å². The molecule has 1 atom stereocenters. The molecular weight excluding hydrogens is 240 g/mol. The molecule has 1 aliphatic rings. The Morgan fingerprint density at radius 3 is 2.93 bits per heavy atom. The van der Waals surface area contributed by atoms with Crippen LogP contribution in [0, 0.1) is 0 Å². The van der Waals surface area contributed by atoms with Gasteiger partial charge in [-0.1, -0.05) is 46.3 Å². The Balaban J connectivity index is 2.06. The molecule has 0 aliphatic carbocycles. The second-order valence-electron chi connectivity index (χ2n) is 3.43. The Morgan fingerprint density at radius 1 is 1.36 bits per heavy atom. The Morgan fingerprint density at radius 2 is 2.21 bits per heavy atom. The van der Waals surface area contributed by atoms with Crippen molar-refractivity contribution in [3.63, 3.8) is 0 Å². The molecule has 1 unspecified atom stereocenters. The Kier molecular flexibility index (Phi) is 3.38. The summed E-state index contributed by atoms with van der Waals surface area (Å²) in [5, 5.41) is 0. The van der Waals surface area contributed by atoms with Crippen LogP contribution in [-0.4, -0.2) is 12.7 Å². The summed E-state index contributed by atoms with van der Waals surface area (Å²) < 4.78 is 6.65. The van der Waals surface area contributed by atoms with E-state index in [-0.39, 0.29) is 0 Å². The summed E-state index contributed by atoms with van der Waals surface area (Å²) in [4.78, 5) is 0. The molecule has 0 spiro atoms. The quantitative estimate of drug-likeness (QED) is 0.781. The molecule has 1 nitrogen and oxygen atoms in total. The van der Waals surface area contributed by atoms with Crippen LogP contribution in [0.3, 0.4) is 0 Å². The van der Waals surface area contributed by atoms with Crippen LogP contribution < -0.4 is 0 Å². The van der Waals surface area contributed by atoms with E-state index in [2.05, 4.69) is 40.2 Å². The van der Waals surface area contributed by atoms with E-state index in [9.17, 15) is 0 Å². The lowest BCUT2D eigenvalue weighted by atomic mass is 10.1. The number of hydrogen-bond acceptors (Lipinski definition) is 1. The van der Waals surface area contributed by atoms with E-state index in [4.69, 9.17) is 4.74 Å². The maximum atomic E-state index is 5.51. The second kappa shape index (κ2) is 4.76. The Hall–Kier alpha value is -0.600. The van der Waals surface area contributed by atoms with Crippen LogP contribution in [0.5, 0.6) is 0 Å². The summed E-state index contributed by atoms with van der Waals surface area (Å²) in [5.41, 5.74) is 1.21. The van der Waals surface area contributed by atoms with Gasteiger partial charge in [0.1, 0.15) is 0 Å². The highest BCUT2D eigenvalue weighted by Crippen LogP contribution is 2.19. The predicted octanol–water partition coefficient (Wildman–Crippen LogP) is 3.64. The molecule has 0 aromatic heterocycles. The monoisotopic (exact) mass is 252 g/mol. The first kappa shape index (κ1) is 9.94. The second-order valence-corrected chi connectivity index (χ2v) is 4.29. The summed E-state index contributed by atoms with van der Waals surface area (Å²) in [6.45, 7) is 0.908. The number of benzene rings is 1. The molecule has 0 radical (unpaired) electrons. The maximum Gasteiger partial charge on any atom is 0.0759 e. The van der Waals surface area contributed by atoms with Gasteiger partial charge >= 0.3 is 0 Å². The minimum Gasteiger partial charge on any atom is -0.374 e. The van der Waals surface area contributed by atoms with Gasteiger partial charge in [0.15, 0.2) is 0 Å². The van der Waals surface area contributed by atoms with Crippen LogP contribution in [0.25, 0.3) is 6.08 Å². The number of rotatable bonds is 2. The Labute approximate surface area is 92.9 Å². The van der Waals surface area contributed by atoms with Crippen molar-refractivity contribution in [1.29, 1.82) is 0 Å². The van der Waals surface area contributed by atoms with Gasteiger partial charge in [0.05, 0.1) is 6.10 Å². The summed E-state index contributed by atoms with van der Waals surface area (Å²) >= 11 is 3.51. The SMILES string of the molecule is Brc1ccccc1C=CC1CCCO1. The number of ether oxygens (including phenoxy) is 1. The van der Waals surface area contributed by atoms with Gasteiger partial charge < -0.3 is 4.74 Å². The first-order valence-electron chi connectivity index (χ1n) is 4.90. The zero-order chi connectivity index (χ0) is 9.80. The van der Waals surface area contributed by atoms with Crippen molar-refractivity contribution in [2.75, 3.05) is 6.61 Å². The van der Waals surface area contributed by atoms with Gasteiger partial charge in [-0.3, -0.25) is 0 Å². The molecule has 0 N–H and O–H groups in total. The third-order valence-electron chi connectivity index (χ3n) is 2.36. The molecule has 1 heterocycles. The smallest absolute Gasteiger partial charge is 0.0759 e. The predicted molar refractivity (Wildman–Crippen MR) is 62.2 cm³/mol. The first-order chi connectivity index (χ1) is 6.86. The highest BCUT2D eigenvalue weighted by Gasteiger charge is 2.11. The van der Waals surface area contributed by atoms with Crippen LogP contribution in [-0.2, 0) is 4.74 Å². The van der Waals surface area contributed by atoms with E-state index in [1.54, 1.807) is 0 Å². The van der Waals surface area contributed by atoms with E-state index in [0.717, 1.165) is 17.5 Å². The van der Waals surface area contributed by atoms with Gasteiger partial charge in [-0.2, -0.15) is 0 Å². The molecular formula is C12H13BrO. The highest BCUT2D eigenvalue weighted by atomic mass is 79.9. The van der Waals surface area contributed by atoms with E-state index in [1.807, 2.05) is 12.1 Å². The fourth-order valence-electron chi connectivity index (χ4n) is 1.58. The average Bonchev–Trinajstić information content (AvgIpc) is 2.69. The van der Waals surface area contributed by atoms with Gasteiger partial charge in [-0.15, -0.1) is 0 Å². The summed E-state index contributed by atoms with van der Waals surface area (Å²) in [6.07, 6.45) is 6.93. The molecule has 1 fully saturated rings. The van der Waals surface area contributed by atoms with Crippen molar-refractivity contribution >= 4 is 22.0 Å². The zero-order valence-electron chi connectivity index (χ0n) is 7.95. The third kappa shape index (κ3) is 2.46. The minimum absolute atomic E-state index is 0.321. The lowest BCUT2D eigenvalue weighted by Gasteiger charge is -2.02. The third-order valence-corrected chi connectivity index (χ3v) is 3.08. The van der Waals surface area contributed by atoms with Crippen LogP contribution in [0.2, 0.25) is 0 Å². The molecule has 74 valence electrons. The van der Waals surface area contributed by atoms with Gasteiger partial charge in [0.2, 0.25) is 0 Å². The zero-order valence-corrected chi connectivity index (χ0v) is 9.53. The van der Waals surface area contributed by atoms with E-state index < -0.39 is 0 Å². The molecule has 0 saturated carbocycles. The van der Waals surface area contributed by atoms with Gasteiger partial charge in [-0.05, 0) is 24.5 Å². The molecule has 0 bridgehead atoms. The lowest BCUT2D eigenvalue weighted by molar-refractivity contribution is 0.146. The Bertz CT molecular complexity index is 327. The van der Waals surface area contributed by atoms with Crippen molar-refractivity contribution in [2.24, 2.45) is 0 Å². The van der Waals surface area contributed by atoms with Crippen LogP contribution in [0.4, 0.5) is 0 Å². The van der Waals surface area contributed by atoms with Crippen LogP contribution in [0.1, 0.15) is 18.4 Å². The van der Waals surface area contributed by atoms with E-state index in [1.165, 1.54) is 12.0 Å². The molecule has 1 saturated heterocycles. The largest absolute Gasteiger partial charge is 0.374 e. The molecule has 0 amide bonds. The van der Waals surface area contributed by atoms with E-state index >= 15 is 0 Å². The van der Waals surface area contributed by atoms with Crippen molar-refractivity contribution in [2.45, 2.75) is 18.9 Å². The molecule has 2 rings (SSSR count). The van der Waals surface area contributed by atoms with Crippen molar-refractivity contribution in [1.82, 2.24) is 0 Å². The average molecular weight is 253 g/mol. The van der Waals surface area contributed by atoms with Crippen LogP contribution >= 0.6 is 15.9 Å². The fourth-order valence-corrected chi connectivity index (χ4v) is 1.99. The van der Waals surface area contributed by atoms with E-state index in [0.29, 0.717) is 6.10 Å². The normalized spacial score (nSPS) is 21.9. The maximum absolute atomic E-state index is 5.51. The summed E-state index contributed by atoms with van der Waals surface area (Å²) in [6, 6.07) is 8.21. The number of hydrogen-bond donors (Lipinski definition) is 0. The van der Waals surface area contributed by atoms with Gasteiger partial charge in [0, 0.05) is 11.1 Å². The van der Waals surface area contributed by atoms with Gasteiger partial charge in [0.25, 0.3) is 0 Å². The summed E-state index contributed by atoms with van der Waals surface area (Å²) in [7, 11) is 0. The van der Waals surface area contributed by atoms with Crippen molar-refractivity contribution in [3.8, 4) is 0 Å². The van der Waals surface area contributed by atoms with Gasteiger partial charge in [-0.25, -0.2) is 0 Å². The standard InChI is InChI=1S/C12H13BrO/c13-12-6-2-1-4-10(12)7-8-11-5-3-9-14-11/h1-2,4,6-8,11H,3,5,9H2. The molecule has 1 aromatic carbocycles. The fraction of sp³-hybridized carbons (Fsp3) is 0.333. The van der Waals surface area contributed by atoms with Crippen molar-refractivity contribution < 1.29 is 4.74 Å². The first-order valence-corrected chi connectivity index (χ1v) is 5.70. The lowest BCUT2D eigenvalue weighted by Crippen LogP contribution is -1.98. The highest BCUT2D eigenvalue weighted by molar-refractivity contribution is 9.10. The van der Waals surface area contributed by atoms with Crippen LogP contribution in [0.15, 0.2) is 34.8 Å². The summed E-state index contributed by atoms with van der Waals surface area (Å²) in [5.74, 6) is 0.